The number of pyridine rings is 1. The highest BCUT2D eigenvalue weighted by Gasteiger charge is 2.14. The van der Waals surface area contributed by atoms with Crippen LogP contribution in [0.25, 0.3) is 12.2 Å². The number of rotatable bonds is 2. The van der Waals surface area contributed by atoms with E-state index in [4.69, 9.17) is 0 Å². The van der Waals surface area contributed by atoms with Gasteiger partial charge in [0.1, 0.15) is 0 Å². The van der Waals surface area contributed by atoms with Crippen molar-refractivity contribution >= 4 is 18.2 Å². The van der Waals surface area contributed by atoms with E-state index in [2.05, 4.69) is 12.1 Å². The van der Waals surface area contributed by atoms with Crippen LogP contribution in [0.3, 0.4) is 0 Å². The van der Waals surface area contributed by atoms with E-state index in [0.717, 1.165) is 11.1 Å². The summed E-state index contributed by atoms with van der Waals surface area (Å²) in [6.45, 7) is 0. The minimum Gasteiger partial charge on any atom is -0.231 e. The molecule has 19 heavy (non-hydrogen) atoms. The molecule has 0 unspecified atom stereocenters. The average molecular weight is 253 g/mol. The van der Waals surface area contributed by atoms with Gasteiger partial charge in [0, 0.05) is 0 Å². The molecule has 0 bridgehead atoms. The second kappa shape index (κ2) is 5.96. The molecule has 96 valence electrons. The van der Waals surface area contributed by atoms with Crippen molar-refractivity contribution in [2.75, 3.05) is 14.1 Å². The van der Waals surface area contributed by atoms with Gasteiger partial charge in [0.15, 0.2) is 0 Å². The van der Waals surface area contributed by atoms with Crippen molar-refractivity contribution in [3.05, 3.63) is 66.0 Å². The van der Waals surface area contributed by atoms with E-state index >= 15 is 0 Å². The van der Waals surface area contributed by atoms with E-state index < -0.39 is 0 Å². The molecule has 0 aliphatic rings. The lowest BCUT2D eigenvalue weighted by Crippen LogP contribution is -2.48. The number of benzene rings is 1. The maximum Gasteiger partial charge on any atom is 0.497 e. The predicted molar refractivity (Wildman–Crippen MR) is 76.5 cm³/mol. The van der Waals surface area contributed by atoms with E-state index in [0.29, 0.717) is 0 Å². The van der Waals surface area contributed by atoms with E-state index in [1.807, 2.05) is 42.5 Å². The molecule has 1 aromatic heterocycles. The first kappa shape index (κ1) is 13.0. The molecule has 0 saturated heterocycles. The monoisotopic (exact) mass is 253 g/mol. The van der Waals surface area contributed by atoms with Gasteiger partial charge in [0.05, 0.1) is 26.5 Å². The molecule has 0 radical (unpaired) electrons. The van der Waals surface area contributed by atoms with E-state index in [1.54, 1.807) is 36.0 Å². The van der Waals surface area contributed by atoms with Gasteiger partial charge in [-0.05, 0) is 23.3 Å². The fourth-order valence-corrected chi connectivity index (χ4v) is 1.66. The zero-order chi connectivity index (χ0) is 13.7. The van der Waals surface area contributed by atoms with Crippen molar-refractivity contribution in [3.8, 4) is 0 Å². The van der Waals surface area contributed by atoms with Crippen LogP contribution in [-0.4, -0.2) is 25.0 Å². The Bertz CT molecular complexity index is 571. The topological polar surface area (TPSA) is 24.2 Å². The van der Waals surface area contributed by atoms with Crippen molar-refractivity contribution < 1.29 is 9.36 Å². The third-order valence-corrected chi connectivity index (χ3v) is 2.73. The molecule has 0 fully saturated rings. The molecule has 2 aromatic rings. The number of nitrogens with zero attached hydrogens (tertiary/aromatic N) is 2. The second-order valence-corrected chi connectivity index (χ2v) is 4.46. The van der Waals surface area contributed by atoms with Crippen LogP contribution in [0, 0.1) is 0 Å². The largest absolute Gasteiger partial charge is 0.497 e. The summed E-state index contributed by atoms with van der Waals surface area (Å²) in [6.07, 6.45) is 7.62. The number of amides is 1. The van der Waals surface area contributed by atoms with Crippen molar-refractivity contribution in [2.45, 2.75) is 0 Å². The maximum absolute atomic E-state index is 11.7. The van der Waals surface area contributed by atoms with E-state index in [9.17, 15) is 4.79 Å². The number of carbonyl (C=O) groups is 1. The Labute approximate surface area is 113 Å². The molecular weight excluding hydrogens is 236 g/mol. The van der Waals surface area contributed by atoms with Crippen molar-refractivity contribution in [1.29, 1.82) is 0 Å². The van der Waals surface area contributed by atoms with Crippen LogP contribution >= 0.6 is 0 Å². The summed E-state index contributed by atoms with van der Waals surface area (Å²) in [5.74, 6) is 0. The Morgan fingerprint density at radius 2 is 1.47 bits per heavy atom. The highest BCUT2D eigenvalue weighted by atomic mass is 16.2. The van der Waals surface area contributed by atoms with Gasteiger partial charge in [-0.1, -0.05) is 42.5 Å². The summed E-state index contributed by atoms with van der Waals surface area (Å²) in [5, 5.41) is 0. The van der Waals surface area contributed by atoms with Crippen LogP contribution in [0.1, 0.15) is 11.1 Å². The van der Waals surface area contributed by atoms with E-state index in [-0.39, 0.29) is 6.03 Å². The fraction of sp³-hybridized carbons (Fsp3) is 0.125. The number of carbonyl (C=O) groups excluding carboxylic acids is 1. The maximum atomic E-state index is 11.7. The number of hydrogen-bond donors (Lipinski definition) is 0. The summed E-state index contributed by atoms with van der Waals surface area (Å²) < 4.78 is 1.56. The zero-order valence-electron chi connectivity index (χ0n) is 11.2. The van der Waals surface area contributed by atoms with Gasteiger partial charge < -0.3 is 0 Å². The SMILES string of the molecule is CN(C)C(=O)[n+]1ccc(/C=C/c2ccccc2)cc1. The summed E-state index contributed by atoms with van der Waals surface area (Å²) >= 11 is 0. The predicted octanol–water partition coefficient (Wildman–Crippen LogP) is 2.67. The third kappa shape index (κ3) is 3.52. The molecule has 1 heterocycles. The first-order chi connectivity index (χ1) is 9.16. The molecule has 1 aromatic carbocycles. The molecular formula is C16H17N2O+. The quantitative estimate of drug-likeness (QED) is 0.755. The lowest BCUT2D eigenvalue weighted by molar-refractivity contribution is -0.577. The molecule has 2 rings (SSSR count). The Kier molecular flexibility index (Phi) is 4.08. The van der Waals surface area contributed by atoms with Gasteiger partial charge in [0.2, 0.25) is 0 Å². The first-order valence-electron chi connectivity index (χ1n) is 6.13. The number of aromatic nitrogens is 1. The number of hydrogen-bond acceptors (Lipinski definition) is 1. The standard InChI is InChI=1S/C16H17N2O/c1-17(2)16(19)18-12-10-15(11-13-18)9-8-14-6-4-3-5-7-14/h3-13H,1-2H3/q+1/b9-8+. The minimum atomic E-state index is -0.0569. The third-order valence-electron chi connectivity index (χ3n) is 2.73. The van der Waals surface area contributed by atoms with Crippen LogP contribution in [-0.2, 0) is 0 Å². The Morgan fingerprint density at radius 3 is 2.00 bits per heavy atom. The second-order valence-electron chi connectivity index (χ2n) is 4.46. The molecule has 0 N–H and O–H groups in total. The Balaban J connectivity index is 2.11. The van der Waals surface area contributed by atoms with Crippen LogP contribution in [0.2, 0.25) is 0 Å². The van der Waals surface area contributed by atoms with Crippen molar-refractivity contribution in [2.24, 2.45) is 0 Å². The van der Waals surface area contributed by atoms with Gasteiger partial charge >= 0.3 is 6.03 Å². The van der Waals surface area contributed by atoms with Gasteiger partial charge in [-0.15, -0.1) is 0 Å². The molecule has 3 nitrogen and oxygen atoms in total. The average Bonchev–Trinajstić information content (AvgIpc) is 2.46. The highest BCUT2D eigenvalue weighted by molar-refractivity contribution is 5.69. The van der Waals surface area contributed by atoms with Crippen LogP contribution in [0.4, 0.5) is 4.79 Å². The zero-order valence-corrected chi connectivity index (χ0v) is 11.2. The summed E-state index contributed by atoms with van der Waals surface area (Å²) in [5.41, 5.74) is 2.22. The summed E-state index contributed by atoms with van der Waals surface area (Å²) in [4.78, 5) is 13.2. The molecule has 3 heteroatoms. The van der Waals surface area contributed by atoms with Crippen molar-refractivity contribution in [1.82, 2.24) is 4.90 Å². The van der Waals surface area contributed by atoms with Crippen molar-refractivity contribution in [3.63, 3.8) is 0 Å². The Hall–Kier alpha value is -2.42. The molecule has 0 spiro atoms. The Morgan fingerprint density at radius 1 is 0.947 bits per heavy atom. The van der Waals surface area contributed by atoms with Gasteiger partial charge in [-0.25, -0.2) is 4.90 Å². The minimum absolute atomic E-state index is 0.0569. The lowest BCUT2D eigenvalue weighted by atomic mass is 10.1. The van der Waals surface area contributed by atoms with Crippen LogP contribution < -0.4 is 4.57 Å². The lowest BCUT2D eigenvalue weighted by Gasteiger charge is -2.02. The highest BCUT2D eigenvalue weighted by Crippen LogP contribution is 2.06. The van der Waals surface area contributed by atoms with E-state index in [1.165, 1.54) is 0 Å². The first-order valence-corrected chi connectivity index (χ1v) is 6.13. The van der Waals surface area contributed by atoms with Gasteiger partial charge in [0.25, 0.3) is 0 Å². The van der Waals surface area contributed by atoms with Crippen LogP contribution in [0.15, 0.2) is 54.9 Å². The molecule has 0 aliphatic carbocycles. The summed E-state index contributed by atoms with van der Waals surface area (Å²) in [7, 11) is 3.47. The van der Waals surface area contributed by atoms with Gasteiger partial charge in [-0.2, -0.15) is 9.36 Å². The summed E-state index contributed by atoms with van der Waals surface area (Å²) in [6, 6.07) is 13.9. The molecule has 0 atom stereocenters. The molecule has 1 amide bonds. The van der Waals surface area contributed by atoms with Gasteiger partial charge in [-0.3, -0.25) is 0 Å². The van der Waals surface area contributed by atoms with Crippen LogP contribution in [0.5, 0.6) is 0 Å². The normalized spacial score (nSPS) is 10.6. The molecule has 0 aliphatic heterocycles. The molecule has 0 saturated carbocycles. The fourth-order valence-electron chi connectivity index (χ4n) is 1.66. The smallest absolute Gasteiger partial charge is 0.231 e.